The number of carboxylic acids is 1. The molecule has 0 radical (unpaired) electrons. The highest BCUT2D eigenvalue weighted by Crippen LogP contribution is 2.17. The van der Waals surface area contributed by atoms with Crippen molar-refractivity contribution in [3.05, 3.63) is 29.8 Å². The summed E-state index contributed by atoms with van der Waals surface area (Å²) in [6, 6.07) is 2.89. The molecular formula is C13H15F2NO3. The van der Waals surface area contributed by atoms with Crippen LogP contribution in [-0.2, 0) is 9.59 Å². The predicted molar refractivity (Wildman–Crippen MR) is 65.9 cm³/mol. The van der Waals surface area contributed by atoms with Gasteiger partial charge in [0.1, 0.15) is 11.6 Å². The van der Waals surface area contributed by atoms with Crippen molar-refractivity contribution in [3.63, 3.8) is 0 Å². The standard InChI is InChI=1S/C13H15F2NO3/c14-10-6-11(15)8-12(7-10)16(9-17)5-3-1-2-4-13(18)19/h6-9H,1-5H2,(H,18,19). The molecule has 0 aromatic heterocycles. The highest BCUT2D eigenvalue weighted by atomic mass is 19.1. The van der Waals surface area contributed by atoms with Crippen LogP contribution in [0.25, 0.3) is 0 Å². The second kappa shape index (κ2) is 7.45. The summed E-state index contributed by atoms with van der Waals surface area (Å²) >= 11 is 0. The lowest BCUT2D eigenvalue weighted by atomic mass is 10.2. The fourth-order valence-corrected chi connectivity index (χ4v) is 1.68. The topological polar surface area (TPSA) is 57.6 Å². The molecule has 0 heterocycles. The monoisotopic (exact) mass is 271 g/mol. The molecule has 4 nitrogen and oxygen atoms in total. The van der Waals surface area contributed by atoms with Crippen LogP contribution in [0.5, 0.6) is 0 Å². The van der Waals surface area contributed by atoms with Crippen LogP contribution in [0.1, 0.15) is 25.7 Å². The van der Waals surface area contributed by atoms with E-state index in [0.717, 1.165) is 18.2 Å². The number of benzene rings is 1. The van der Waals surface area contributed by atoms with Crippen LogP contribution in [0.3, 0.4) is 0 Å². The Kier molecular flexibility index (Phi) is 5.92. The fourth-order valence-electron chi connectivity index (χ4n) is 1.68. The maximum Gasteiger partial charge on any atom is 0.303 e. The van der Waals surface area contributed by atoms with E-state index in [4.69, 9.17) is 5.11 Å². The number of aliphatic carboxylic acids is 1. The highest BCUT2D eigenvalue weighted by molar-refractivity contribution is 5.74. The Morgan fingerprint density at radius 1 is 1.16 bits per heavy atom. The second-order valence-electron chi connectivity index (χ2n) is 4.13. The second-order valence-corrected chi connectivity index (χ2v) is 4.13. The Bertz CT molecular complexity index is 431. The van der Waals surface area contributed by atoms with E-state index in [1.165, 1.54) is 4.90 Å². The van der Waals surface area contributed by atoms with Gasteiger partial charge in [-0.25, -0.2) is 8.78 Å². The molecule has 0 aliphatic heterocycles. The minimum absolute atomic E-state index is 0.0791. The van der Waals surface area contributed by atoms with Crippen molar-refractivity contribution in [3.8, 4) is 0 Å². The Morgan fingerprint density at radius 3 is 2.32 bits per heavy atom. The Labute approximate surface area is 109 Å². The third-order valence-electron chi connectivity index (χ3n) is 2.60. The first-order valence-corrected chi connectivity index (χ1v) is 5.93. The molecule has 1 N–H and O–H groups in total. The average molecular weight is 271 g/mol. The van der Waals surface area contributed by atoms with Crippen molar-refractivity contribution in [2.75, 3.05) is 11.4 Å². The molecule has 1 amide bonds. The van der Waals surface area contributed by atoms with E-state index in [-0.39, 0.29) is 12.1 Å². The van der Waals surface area contributed by atoms with Crippen LogP contribution in [0.4, 0.5) is 14.5 Å². The normalized spacial score (nSPS) is 10.2. The van der Waals surface area contributed by atoms with Gasteiger partial charge >= 0.3 is 5.97 Å². The third kappa shape index (κ3) is 5.46. The maximum absolute atomic E-state index is 13.0. The van der Waals surface area contributed by atoms with Gasteiger partial charge in [0.05, 0.1) is 0 Å². The smallest absolute Gasteiger partial charge is 0.303 e. The number of rotatable bonds is 8. The zero-order chi connectivity index (χ0) is 14.3. The number of carbonyl (C=O) groups is 2. The Hall–Kier alpha value is -1.98. The van der Waals surface area contributed by atoms with E-state index >= 15 is 0 Å². The lowest BCUT2D eigenvalue weighted by Gasteiger charge is -2.17. The number of anilines is 1. The quantitative estimate of drug-likeness (QED) is 0.584. The van der Waals surface area contributed by atoms with Crippen molar-refractivity contribution >= 4 is 18.1 Å². The van der Waals surface area contributed by atoms with Gasteiger partial charge in [-0.1, -0.05) is 6.42 Å². The summed E-state index contributed by atoms with van der Waals surface area (Å²) in [6.07, 6.45) is 2.30. The van der Waals surface area contributed by atoms with E-state index in [0.29, 0.717) is 32.2 Å². The van der Waals surface area contributed by atoms with Gasteiger partial charge in [0.15, 0.2) is 0 Å². The summed E-state index contributed by atoms with van der Waals surface area (Å²) in [5, 5.41) is 8.46. The number of nitrogens with zero attached hydrogens (tertiary/aromatic N) is 1. The van der Waals surface area contributed by atoms with Crippen LogP contribution in [0.2, 0.25) is 0 Å². The molecule has 0 aliphatic carbocycles. The number of carbonyl (C=O) groups excluding carboxylic acids is 1. The third-order valence-corrected chi connectivity index (χ3v) is 2.60. The molecule has 0 fully saturated rings. The zero-order valence-electron chi connectivity index (χ0n) is 10.3. The summed E-state index contributed by atoms with van der Waals surface area (Å²) in [5.74, 6) is -2.35. The van der Waals surface area contributed by atoms with Crippen LogP contribution in [-0.4, -0.2) is 24.0 Å². The zero-order valence-corrected chi connectivity index (χ0v) is 10.3. The average Bonchev–Trinajstić information content (AvgIpc) is 2.32. The van der Waals surface area contributed by atoms with Gasteiger partial charge in [-0.3, -0.25) is 9.59 Å². The van der Waals surface area contributed by atoms with Crippen LogP contribution < -0.4 is 4.90 Å². The first-order chi connectivity index (χ1) is 9.02. The highest BCUT2D eigenvalue weighted by Gasteiger charge is 2.08. The molecule has 6 heteroatoms. The van der Waals surface area contributed by atoms with Gasteiger partial charge in [0, 0.05) is 24.7 Å². The van der Waals surface area contributed by atoms with E-state index in [9.17, 15) is 18.4 Å². The van der Waals surface area contributed by atoms with E-state index < -0.39 is 17.6 Å². The van der Waals surface area contributed by atoms with Crippen LogP contribution >= 0.6 is 0 Å². The summed E-state index contributed by atoms with van der Waals surface area (Å²) < 4.78 is 26.0. The largest absolute Gasteiger partial charge is 0.481 e. The molecule has 0 atom stereocenters. The van der Waals surface area contributed by atoms with Gasteiger partial charge in [-0.2, -0.15) is 0 Å². The SMILES string of the molecule is O=CN(CCCCCC(=O)O)c1cc(F)cc(F)c1. The van der Waals surface area contributed by atoms with E-state index in [1.54, 1.807) is 0 Å². The lowest BCUT2D eigenvalue weighted by molar-refractivity contribution is -0.137. The van der Waals surface area contributed by atoms with Crippen molar-refractivity contribution in [2.24, 2.45) is 0 Å². The van der Waals surface area contributed by atoms with E-state index in [2.05, 4.69) is 0 Å². The molecule has 0 saturated heterocycles. The first-order valence-electron chi connectivity index (χ1n) is 5.93. The summed E-state index contributed by atoms with van der Waals surface area (Å²) in [6.45, 7) is 0.298. The van der Waals surface area contributed by atoms with Crippen LogP contribution in [0.15, 0.2) is 18.2 Å². The Morgan fingerprint density at radius 2 is 1.79 bits per heavy atom. The minimum atomic E-state index is -0.862. The number of amides is 1. The molecule has 1 aromatic carbocycles. The summed E-state index contributed by atoms with van der Waals surface area (Å²) in [4.78, 5) is 22.4. The molecule has 0 aliphatic rings. The molecule has 0 spiro atoms. The van der Waals surface area contributed by atoms with Gasteiger partial charge in [0.2, 0.25) is 6.41 Å². The summed E-state index contributed by atoms with van der Waals surface area (Å²) in [7, 11) is 0. The van der Waals surface area contributed by atoms with E-state index in [1.807, 2.05) is 0 Å². The van der Waals surface area contributed by atoms with Crippen molar-refractivity contribution in [2.45, 2.75) is 25.7 Å². The Balaban J connectivity index is 2.49. The molecule has 1 rings (SSSR count). The minimum Gasteiger partial charge on any atom is -0.481 e. The predicted octanol–water partition coefficient (Wildman–Crippen LogP) is 2.57. The van der Waals surface area contributed by atoms with Gasteiger partial charge < -0.3 is 10.0 Å². The van der Waals surface area contributed by atoms with Crippen LogP contribution in [0, 0.1) is 11.6 Å². The molecule has 0 unspecified atom stereocenters. The first kappa shape index (κ1) is 15.1. The van der Waals surface area contributed by atoms with Gasteiger partial charge in [0.25, 0.3) is 0 Å². The molecule has 104 valence electrons. The maximum atomic E-state index is 13.0. The number of hydrogen-bond acceptors (Lipinski definition) is 2. The summed E-state index contributed by atoms with van der Waals surface area (Å²) in [5.41, 5.74) is 0.158. The number of hydrogen-bond donors (Lipinski definition) is 1. The fraction of sp³-hybridized carbons (Fsp3) is 0.385. The molecule has 0 saturated carbocycles. The van der Waals surface area contributed by atoms with Crippen molar-refractivity contribution in [1.82, 2.24) is 0 Å². The van der Waals surface area contributed by atoms with Crippen molar-refractivity contribution < 1.29 is 23.5 Å². The number of unbranched alkanes of at least 4 members (excludes halogenated alkanes) is 2. The lowest BCUT2D eigenvalue weighted by Crippen LogP contribution is -2.22. The van der Waals surface area contributed by atoms with Crippen molar-refractivity contribution in [1.29, 1.82) is 0 Å². The number of carboxylic acid groups (broad SMARTS) is 1. The molecule has 1 aromatic rings. The number of halogens is 2. The van der Waals surface area contributed by atoms with Gasteiger partial charge in [-0.15, -0.1) is 0 Å². The molecule has 0 bridgehead atoms. The van der Waals surface area contributed by atoms with Gasteiger partial charge in [-0.05, 0) is 25.0 Å². The molecule has 19 heavy (non-hydrogen) atoms. The molecular weight excluding hydrogens is 256 g/mol.